The molecular weight excluding hydrogens is 398 g/mol. The molecule has 168 valence electrons. The molecule has 1 saturated carbocycles. The Bertz CT molecular complexity index is 1100. The standard InChI is InChI=1S/C27H33N3O2/c1-19-10-9-11-20(2)25(19)29-26(32)27(15-7-4-8-16-27)30(18-31)17-14-22-21(3)28-24-13-6-5-12-23(22)24/h5-6,9-13,18,28H,4,7-8,14-17H2,1-3H3,(H,29,32). The molecule has 32 heavy (non-hydrogen) atoms. The number of carbonyl (C=O) groups is 2. The molecule has 0 unspecified atom stereocenters. The van der Waals surface area contributed by atoms with Crippen molar-refractivity contribution in [3.63, 3.8) is 0 Å². The van der Waals surface area contributed by atoms with Crippen molar-refractivity contribution in [2.45, 2.75) is 64.8 Å². The molecule has 0 atom stereocenters. The van der Waals surface area contributed by atoms with Gasteiger partial charge in [0.2, 0.25) is 12.3 Å². The fraction of sp³-hybridized carbons (Fsp3) is 0.407. The minimum atomic E-state index is -0.797. The van der Waals surface area contributed by atoms with Crippen LogP contribution in [0.15, 0.2) is 42.5 Å². The van der Waals surface area contributed by atoms with Crippen LogP contribution >= 0.6 is 0 Å². The molecule has 2 aromatic carbocycles. The van der Waals surface area contributed by atoms with E-state index in [1.54, 1.807) is 4.90 Å². The van der Waals surface area contributed by atoms with Crippen LogP contribution in [-0.2, 0) is 16.0 Å². The number of aromatic amines is 1. The first-order valence-corrected chi connectivity index (χ1v) is 11.6. The number of aromatic nitrogens is 1. The van der Waals surface area contributed by atoms with Gasteiger partial charge in [-0.3, -0.25) is 9.59 Å². The quantitative estimate of drug-likeness (QED) is 0.490. The summed E-state index contributed by atoms with van der Waals surface area (Å²) in [5.41, 5.74) is 5.59. The fourth-order valence-corrected chi connectivity index (χ4v) is 5.28. The van der Waals surface area contributed by atoms with Crippen molar-refractivity contribution in [2.24, 2.45) is 0 Å². The Morgan fingerprint density at radius 3 is 2.41 bits per heavy atom. The average Bonchev–Trinajstić information content (AvgIpc) is 3.12. The van der Waals surface area contributed by atoms with Crippen molar-refractivity contribution in [3.05, 3.63) is 64.8 Å². The summed E-state index contributed by atoms with van der Waals surface area (Å²) in [4.78, 5) is 31.3. The number of carbonyl (C=O) groups excluding carboxylic acids is 2. The van der Waals surface area contributed by atoms with Gasteiger partial charge in [-0.25, -0.2) is 0 Å². The molecule has 0 radical (unpaired) electrons. The minimum Gasteiger partial charge on any atom is -0.358 e. The maximum atomic E-state index is 13.7. The summed E-state index contributed by atoms with van der Waals surface area (Å²) in [5, 5.41) is 4.38. The Hall–Kier alpha value is -3.08. The second kappa shape index (κ2) is 9.19. The van der Waals surface area contributed by atoms with Crippen LogP contribution in [0.5, 0.6) is 0 Å². The summed E-state index contributed by atoms with van der Waals surface area (Å²) in [5.74, 6) is -0.0580. The first-order chi connectivity index (χ1) is 15.5. The maximum absolute atomic E-state index is 13.7. The lowest BCUT2D eigenvalue weighted by Crippen LogP contribution is -2.58. The van der Waals surface area contributed by atoms with E-state index in [0.29, 0.717) is 25.8 Å². The summed E-state index contributed by atoms with van der Waals surface area (Å²) in [6, 6.07) is 14.3. The predicted molar refractivity (Wildman–Crippen MR) is 130 cm³/mol. The summed E-state index contributed by atoms with van der Waals surface area (Å²) < 4.78 is 0. The number of fused-ring (bicyclic) bond motifs is 1. The first-order valence-electron chi connectivity index (χ1n) is 11.6. The zero-order valence-electron chi connectivity index (χ0n) is 19.3. The van der Waals surface area contributed by atoms with Gasteiger partial charge in [0.15, 0.2) is 0 Å². The molecule has 1 aliphatic rings. The van der Waals surface area contributed by atoms with Crippen molar-refractivity contribution in [1.82, 2.24) is 9.88 Å². The number of hydrogen-bond donors (Lipinski definition) is 2. The van der Waals surface area contributed by atoms with Crippen molar-refractivity contribution in [1.29, 1.82) is 0 Å². The van der Waals surface area contributed by atoms with Crippen molar-refractivity contribution >= 4 is 28.9 Å². The van der Waals surface area contributed by atoms with Gasteiger partial charge in [0.1, 0.15) is 5.54 Å². The van der Waals surface area contributed by atoms with Gasteiger partial charge in [-0.1, -0.05) is 55.7 Å². The van der Waals surface area contributed by atoms with Gasteiger partial charge in [-0.2, -0.15) is 0 Å². The SMILES string of the molecule is Cc1cccc(C)c1NC(=O)C1(N(C=O)CCc2c(C)[nH]c3ccccc23)CCCCC1. The average molecular weight is 432 g/mol. The van der Waals surface area contributed by atoms with E-state index < -0.39 is 5.54 Å². The van der Waals surface area contributed by atoms with Crippen LogP contribution in [0.1, 0.15) is 54.5 Å². The van der Waals surface area contributed by atoms with E-state index in [-0.39, 0.29) is 5.91 Å². The van der Waals surface area contributed by atoms with E-state index in [1.807, 2.05) is 44.2 Å². The van der Waals surface area contributed by atoms with Crippen molar-refractivity contribution in [3.8, 4) is 0 Å². The van der Waals surface area contributed by atoms with Gasteiger partial charge in [0, 0.05) is 28.8 Å². The molecular formula is C27H33N3O2. The number of nitrogens with one attached hydrogen (secondary N) is 2. The van der Waals surface area contributed by atoms with Crippen LogP contribution in [0.3, 0.4) is 0 Å². The van der Waals surface area contributed by atoms with Gasteiger partial charge in [-0.05, 0) is 62.8 Å². The molecule has 4 rings (SSSR count). The number of anilines is 1. The third-order valence-electron chi connectivity index (χ3n) is 7.13. The van der Waals surface area contributed by atoms with Crippen molar-refractivity contribution < 1.29 is 9.59 Å². The molecule has 0 spiro atoms. The van der Waals surface area contributed by atoms with Crippen LogP contribution in [0.4, 0.5) is 5.69 Å². The molecule has 1 heterocycles. The molecule has 0 bridgehead atoms. The molecule has 1 aliphatic carbocycles. The molecule has 0 aliphatic heterocycles. The van der Waals surface area contributed by atoms with Gasteiger partial charge >= 0.3 is 0 Å². The van der Waals surface area contributed by atoms with Crippen LogP contribution in [-0.4, -0.2) is 34.3 Å². The van der Waals surface area contributed by atoms with Gasteiger partial charge in [0.25, 0.3) is 0 Å². The monoisotopic (exact) mass is 431 g/mol. The number of aryl methyl sites for hydroxylation is 3. The number of benzene rings is 2. The fourth-order valence-electron chi connectivity index (χ4n) is 5.28. The van der Waals surface area contributed by atoms with E-state index in [4.69, 9.17) is 0 Å². The summed E-state index contributed by atoms with van der Waals surface area (Å²) in [6.45, 7) is 6.61. The zero-order valence-corrected chi connectivity index (χ0v) is 19.3. The molecule has 0 saturated heterocycles. The number of amides is 2. The van der Waals surface area contributed by atoms with Gasteiger partial charge in [-0.15, -0.1) is 0 Å². The first kappa shape index (κ1) is 22.1. The number of hydrogen-bond acceptors (Lipinski definition) is 2. The van der Waals surface area contributed by atoms with E-state index in [2.05, 4.69) is 29.4 Å². The number of para-hydroxylation sites is 2. The van der Waals surface area contributed by atoms with Crippen molar-refractivity contribution in [2.75, 3.05) is 11.9 Å². The highest BCUT2D eigenvalue weighted by molar-refractivity contribution is 6.00. The Morgan fingerprint density at radius 1 is 1.03 bits per heavy atom. The highest BCUT2D eigenvalue weighted by Crippen LogP contribution is 2.35. The smallest absolute Gasteiger partial charge is 0.250 e. The van der Waals surface area contributed by atoms with Crippen LogP contribution in [0.25, 0.3) is 10.9 Å². The lowest BCUT2D eigenvalue weighted by molar-refractivity contribution is -0.139. The minimum absolute atomic E-state index is 0.0580. The molecule has 1 fully saturated rings. The topological polar surface area (TPSA) is 65.2 Å². The molecule has 1 aromatic heterocycles. The molecule has 5 heteroatoms. The largest absolute Gasteiger partial charge is 0.358 e. The number of rotatable bonds is 7. The predicted octanol–water partition coefficient (Wildman–Crippen LogP) is 5.44. The third kappa shape index (κ3) is 4.04. The molecule has 2 N–H and O–H groups in total. The third-order valence-corrected chi connectivity index (χ3v) is 7.13. The summed E-state index contributed by atoms with van der Waals surface area (Å²) >= 11 is 0. The van der Waals surface area contributed by atoms with Crippen LogP contribution in [0, 0.1) is 20.8 Å². The Morgan fingerprint density at radius 2 is 1.72 bits per heavy atom. The molecule has 2 amide bonds. The zero-order chi connectivity index (χ0) is 22.7. The van der Waals surface area contributed by atoms with Crippen LogP contribution < -0.4 is 5.32 Å². The summed E-state index contributed by atoms with van der Waals surface area (Å²) in [7, 11) is 0. The normalized spacial score (nSPS) is 15.5. The van der Waals surface area contributed by atoms with E-state index >= 15 is 0 Å². The van der Waals surface area contributed by atoms with E-state index in [1.165, 1.54) is 10.9 Å². The molecule has 5 nitrogen and oxygen atoms in total. The Labute approximate surface area is 190 Å². The highest BCUT2D eigenvalue weighted by Gasteiger charge is 2.44. The Kier molecular flexibility index (Phi) is 6.35. The number of H-pyrrole nitrogens is 1. The Balaban J connectivity index is 1.61. The van der Waals surface area contributed by atoms with Gasteiger partial charge in [0.05, 0.1) is 0 Å². The second-order valence-corrected chi connectivity index (χ2v) is 9.14. The van der Waals surface area contributed by atoms with E-state index in [9.17, 15) is 9.59 Å². The number of nitrogens with zero attached hydrogens (tertiary/aromatic N) is 1. The second-order valence-electron chi connectivity index (χ2n) is 9.14. The lowest BCUT2D eigenvalue weighted by atomic mass is 9.79. The van der Waals surface area contributed by atoms with Gasteiger partial charge < -0.3 is 15.2 Å². The summed E-state index contributed by atoms with van der Waals surface area (Å²) in [6.07, 6.45) is 6.03. The van der Waals surface area contributed by atoms with Crippen LogP contribution in [0.2, 0.25) is 0 Å². The van der Waals surface area contributed by atoms with E-state index in [0.717, 1.165) is 53.7 Å². The lowest BCUT2D eigenvalue weighted by Gasteiger charge is -2.43. The maximum Gasteiger partial charge on any atom is 0.250 e. The molecule has 3 aromatic rings. The highest BCUT2D eigenvalue weighted by atomic mass is 16.2.